The smallest absolute Gasteiger partial charge is 0.136 e. The van der Waals surface area contributed by atoms with Crippen LogP contribution in [0.1, 0.15) is 20.3 Å². The minimum Gasteiger partial charge on any atom is -0.392 e. The Balaban J connectivity index is 3.33. The van der Waals surface area contributed by atoms with Crippen LogP contribution in [-0.4, -0.2) is 12.3 Å². The molecule has 0 fully saturated rings. The molecule has 0 aliphatic rings. The second-order valence-electron chi connectivity index (χ2n) is 1.84. The van der Waals surface area contributed by atoms with Crippen molar-refractivity contribution in [3.63, 3.8) is 0 Å². The monoisotopic (exact) mass is 161 g/mol. The summed E-state index contributed by atoms with van der Waals surface area (Å²) in [5, 5.41) is 3.79. The fraction of sp³-hybridized carbons (Fsp3) is 0.571. The topological polar surface area (TPSA) is 21.6 Å². The van der Waals surface area contributed by atoms with Gasteiger partial charge >= 0.3 is 0 Å². The van der Waals surface area contributed by atoms with Gasteiger partial charge in [-0.25, -0.2) is 0 Å². The average molecular weight is 162 g/mol. The van der Waals surface area contributed by atoms with E-state index in [-0.39, 0.29) is 0 Å². The van der Waals surface area contributed by atoms with E-state index >= 15 is 0 Å². The van der Waals surface area contributed by atoms with Crippen LogP contribution in [-0.2, 0) is 4.84 Å². The van der Waals surface area contributed by atoms with Gasteiger partial charge in [0.2, 0.25) is 0 Å². The van der Waals surface area contributed by atoms with E-state index in [0.29, 0.717) is 6.61 Å². The summed E-state index contributed by atoms with van der Waals surface area (Å²) in [5.74, 6) is 0. The molecule has 0 unspecified atom stereocenters. The summed E-state index contributed by atoms with van der Waals surface area (Å²) in [5.41, 5.74) is 2.40. The molecule has 0 heterocycles. The molecule has 0 saturated carbocycles. The maximum atomic E-state index is 5.24. The minimum atomic E-state index is 0.445. The van der Waals surface area contributed by atoms with Gasteiger partial charge in [-0.05, 0) is 19.4 Å². The summed E-state index contributed by atoms with van der Waals surface area (Å²) in [6.45, 7) is 4.39. The van der Waals surface area contributed by atoms with Gasteiger partial charge in [-0.15, -0.1) is 0 Å². The zero-order valence-electron chi connectivity index (χ0n) is 6.30. The molecule has 0 aromatic carbocycles. The van der Waals surface area contributed by atoms with Crippen LogP contribution in [0.2, 0.25) is 0 Å². The summed E-state index contributed by atoms with van der Waals surface area (Å²) in [7, 11) is 0. The van der Waals surface area contributed by atoms with Gasteiger partial charge in [0.15, 0.2) is 0 Å². The highest BCUT2D eigenvalue weighted by molar-refractivity contribution is 6.25. The maximum Gasteiger partial charge on any atom is 0.136 e. The fourth-order valence-electron chi connectivity index (χ4n) is 0.291. The molecular formula is C7H12ClNO. The van der Waals surface area contributed by atoms with Gasteiger partial charge in [0.1, 0.15) is 6.61 Å². The Labute approximate surface area is 66.5 Å². The lowest BCUT2D eigenvalue weighted by molar-refractivity contribution is 0.174. The van der Waals surface area contributed by atoms with Crippen LogP contribution >= 0.6 is 11.6 Å². The van der Waals surface area contributed by atoms with Crippen molar-refractivity contribution in [3.05, 3.63) is 11.6 Å². The fourth-order valence-corrected chi connectivity index (χ4v) is 0.364. The summed E-state index contributed by atoms with van der Waals surface area (Å²) in [4.78, 5) is 4.84. The first-order valence-corrected chi connectivity index (χ1v) is 3.65. The van der Waals surface area contributed by atoms with Gasteiger partial charge in [0.05, 0.1) is 5.71 Å². The summed E-state index contributed by atoms with van der Waals surface area (Å²) < 4.78 is 0. The molecule has 0 aliphatic heterocycles. The molecule has 0 spiro atoms. The molecule has 0 amide bonds. The van der Waals surface area contributed by atoms with E-state index < -0.39 is 0 Å². The normalized spacial score (nSPS) is 12.5. The van der Waals surface area contributed by atoms with Gasteiger partial charge < -0.3 is 4.84 Å². The zero-order chi connectivity index (χ0) is 7.82. The lowest BCUT2D eigenvalue weighted by Gasteiger charge is -1.94. The molecule has 0 aromatic heterocycles. The standard InChI is InChI=1S/C7H12ClNO/c1-3-7(2)9-10-6-4-5-8/h4-5H,3,6H2,1-2H3/b5-4+,9-7+. The number of halogens is 1. The maximum absolute atomic E-state index is 5.24. The number of hydrogen-bond acceptors (Lipinski definition) is 2. The molecule has 0 atom stereocenters. The van der Waals surface area contributed by atoms with Crippen molar-refractivity contribution in [3.8, 4) is 0 Å². The summed E-state index contributed by atoms with van der Waals surface area (Å²) in [6, 6.07) is 0. The zero-order valence-corrected chi connectivity index (χ0v) is 7.06. The predicted molar refractivity (Wildman–Crippen MR) is 44.3 cm³/mol. The molecule has 2 nitrogen and oxygen atoms in total. The van der Waals surface area contributed by atoms with Crippen molar-refractivity contribution in [2.75, 3.05) is 6.61 Å². The molecule has 0 saturated heterocycles. The number of hydrogen-bond donors (Lipinski definition) is 0. The SMILES string of the molecule is CC/C(C)=N/OC/C=C/Cl. The first-order valence-electron chi connectivity index (χ1n) is 3.22. The van der Waals surface area contributed by atoms with Crippen LogP contribution in [0.25, 0.3) is 0 Å². The Bertz CT molecular complexity index is 132. The first kappa shape index (κ1) is 9.50. The van der Waals surface area contributed by atoms with Crippen LogP contribution in [0.5, 0.6) is 0 Å². The average Bonchev–Trinajstić information content (AvgIpc) is 1.98. The third-order valence-electron chi connectivity index (χ3n) is 0.992. The number of rotatable bonds is 4. The van der Waals surface area contributed by atoms with Crippen molar-refractivity contribution < 1.29 is 4.84 Å². The first-order chi connectivity index (χ1) is 4.81. The van der Waals surface area contributed by atoms with E-state index in [9.17, 15) is 0 Å². The Kier molecular flexibility index (Phi) is 6.29. The largest absolute Gasteiger partial charge is 0.392 e. The molecule has 0 rings (SSSR count). The van der Waals surface area contributed by atoms with E-state index in [1.807, 2.05) is 13.8 Å². The van der Waals surface area contributed by atoms with Crippen LogP contribution in [0.15, 0.2) is 16.8 Å². The van der Waals surface area contributed by atoms with Crippen molar-refractivity contribution in [1.29, 1.82) is 0 Å². The predicted octanol–water partition coefficient (Wildman–Crippen LogP) is 2.54. The van der Waals surface area contributed by atoms with Gasteiger partial charge in [-0.3, -0.25) is 0 Å². The van der Waals surface area contributed by atoms with E-state index in [1.165, 1.54) is 5.54 Å². The minimum absolute atomic E-state index is 0.445. The lowest BCUT2D eigenvalue weighted by atomic mass is 10.3. The molecule has 0 N–H and O–H groups in total. The molecule has 0 aromatic rings. The van der Waals surface area contributed by atoms with Crippen molar-refractivity contribution in [1.82, 2.24) is 0 Å². The van der Waals surface area contributed by atoms with Crippen molar-refractivity contribution >= 4 is 17.3 Å². The summed E-state index contributed by atoms with van der Waals surface area (Å²) in [6.07, 6.45) is 2.61. The molecule has 0 radical (unpaired) electrons. The van der Waals surface area contributed by atoms with E-state index in [2.05, 4.69) is 5.16 Å². The molecule has 58 valence electrons. The number of oxime groups is 1. The van der Waals surface area contributed by atoms with Gasteiger partial charge in [-0.1, -0.05) is 23.7 Å². The van der Waals surface area contributed by atoms with Crippen molar-refractivity contribution in [2.24, 2.45) is 5.16 Å². The lowest BCUT2D eigenvalue weighted by Crippen LogP contribution is -1.90. The highest BCUT2D eigenvalue weighted by Gasteiger charge is 1.83. The van der Waals surface area contributed by atoms with Crippen molar-refractivity contribution in [2.45, 2.75) is 20.3 Å². The molecule has 0 bridgehead atoms. The third-order valence-corrected chi connectivity index (χ3v) is 1.17. The van der Waals surface area contributed by atoms with Crippen LogP contribution in [0.4, 0.5) is 0 Å². The molecule has 0 aliphatic carbocycles. The van der Waals surface area contributed by atoms with E-state index in [0.717, 1.165) is 12.1 Å². The van der Waals surface area contributed by atoms with E-state index in [1.54, 1.807) is 6.08 Å². The molecule has 10 heavy (non-hydrogen) atoms. The third kappa shape index (κ3) is 5.63. The van der Waals surface area contributed by atoms with Crippen LogP contribution in [0, 0.1) is 0 Å². The second-order valence-corrected chi connectivity index (χ2v) is 2.09. The highest BCUT2D eigenvalue weighted by Crippen LogP contribution is 1.87. The van der Waals surface area contributed by atoms with E-state index in [4.69, 9.17) is 16.4 Å². The quantitative estimate of drug-likeness (QED) is 0.353. The Morgan fingerprint density at radius 2 is 2.40 bits per heavy atom. The van der Waals surface area contributed by atoms with Crippen LogP contribution in [0.3, 0.4) is 0 Å². The van der Waals surface area contributed by atoms with Gasteiger partial charge in [0, 0.05) is 5.54 Å². The number of nitrogens with zero attached hydrogens (tertiary/aromatic N) is 1. The highest BCUT2D eigenvalue weighted by atomic mass is 35.5. The van der Waals surface area contributed by atoms with Gasteiger partial charge in [0.25, 0.3) is 0 Å². The van der Waals surface area contributed by atoms with Gasteiger partial charge in [-0.2, -0.15) is 0 Å². The summed E-state index contributed by atoms with van der Waals surface area (Å²) >= 11 is 5.24. The molecular weight excluding hydrogens is 150 g/mol. The Morgan fingerprint density at radius 1 is 1.70 bits per heavy atom. The second kappa shape index (κ2) is 6.62. The Morgan fingerprint density at radius 3 is 2.90 bits per heavy atom. The molecule has 3 heteroatoms. The van der Waals surface area contributed by atoms with Crippen LogP contribution < -0.4 is 0 Å². The Hall–Kier alpha value is -0.500.